The lowest BCUT2D eigenvalue weighted by Gasteiger charge is -2.42. The Morgan fingerprint density at radius 1 is 1.06 bits per heavy atom. The summed E-state index contributed by atoms with van der Waals surface area (Å²) in [5.74, 6) is -0.551. The molecule has 0 unspecified atom stereocenters. The Morgan fingerprint density at radius 2 is 1.74 bits per heavy atom. The van der Waals surface area contributed by atoms with Crippen LogP contribution in [0.3, 0.4) is 0 Å². The van der Waals surface area contributed by atoms with E-state index in [1.807, 2.05) is 18.2 Å². The van der Waals surface area contributed by atoms with Crippen molar-refractivity contribution in [3.05, 3.63) is 35.9 Å². The van der Waals surface area contributed by atoms with Crippen LogP contribution in [0.1, 0.15) is 62.2 Å². The Hall–Kier alpha value is -2.41. The standard InChI is InChI=1S/C24H32N2O5/c1-2-30-23(29)19-11-15-25(16-12-19)22(28)20-17-31-24(13-7-4-8-14-24)26(20)21(27)18-9-5-3-6-10-18/h3,5-6,9-10,19-20H,2,4,7-8,11-17H2,1H3/t20-/m1/s1. The molecule has 0 bridgehead atoms. The number of ether oxygens (including phenoxy) is 2. The molecule has 0 radical (unpaired) electrons. The number of amides is 2. The maximum Gasteiger partial charge on any atom is 0.309 e. The number of piperidine rings is 1. The van der Waals surface area contributed by atoms with Crippen molar-refractivity contribution in [3.8, 4) is 0 Å². The quantitative estimate of drug-likeness (QED) is 0.689. The van der Waals surface area contributed by atoms with Crippen LogP contribution in [0.25, 0.3) is 0 Å². The molecule has 7 heteroatoms. The van der Waals surface area contributed by atoms with Crippen LogP contribution in [-0.2, 0) is 19.1 Å². The van der Waals surface area contributed by atoms with Crippen LogP contribution in [-0.4, -0.2) is 65.7 Å². The molecule has 0 N–H and O–H groups in total. The first-order chi connectivity index (χ1) is 15.1. The number of hydrogen-bond acceptors (Lipinski definition) is 5. The minimum atomic E-state index is -0.686. The number of rotatable bonds is 4. The van der Waals surface area contributed by atoms with Gasteiger partial charge in [0.25, 0.3) is 5.91 Å². The fourth-order valence-corrected chi connectivity index (χ4v) is 5.19. The van der Waals surface area contributed by atoms with Crippen LogP contribution < -0.4 is 0 Å². The summed E-state index contributed by atoms with van der Waals surface area (Å²) in [4.78, 5) is 42.6. The molecule has 1 atom stereocenters. The second-order valence-electron chi connectivity index (χ2n) is 8.73. The number of benzene rings is 1. The van der Waals surface area contributed by atoms with Crippen molar-refractivity contribution >= 4 is 17.8 Å². The molecule has 3 fully saturated rings. The minimum Gasteiger partial charge on any atom is -0.466 e. The van der Waals surface area contributed by atoms with Gasteiger partial charge in [-0.2, -0.15) is 0 Å². The van der Waals surface area contributed by atoms with E-state index in [0.29, 0.717) is 38.1 Å². The van der Waals surface area contributed by atoms with Gasteiger partial charge in [-0.15, -0.1) is 0 Å². The highest BCUT2D eigenvalue weighted by Crippen LogP contribution is 2.42. The number of carbonyl (C=O) groups is 3. The van der Waals surface area contributed by atoms with Gasteiger partial charge in [-0.1, -0.05) is 24.6 Å². The van der Waals surface area contributed by atoms with Crippen LogP contribution >= 0.6 is 0 Å². The Bertz CT molecular complexity index is 797. The summed E-state index contributed by atoms with van der Waals surface area (Å²) in [7, 11) is 0. The summed E-state index contributed by atoms with van der Waals surface area (Å²) < 4.78 is 11.4. The summed E-state index contributed by atoms with van der Waals surface area (Å²) in [6, 6.07) is 8.53. The predicted octanol–water partition coefficient (Wildman–Crippen LogP) is 2.99. The van der Waals surface area contributed by atoms with Gasteiger partial charge in [-0.05, 0) is 57.6 Å². The second kappa shape index (κ2) is 9.39. The summed E-state index contributed by atoms with van der Waals surface area (Å²) in [5, 5.41) is 0. The van der Waals surface area contributed by atoms with Gasteiger partial charge in [0.15, 0.2) is 0 Å². The van der Waals surface area contributed by atoms with Gasteiger partial charge >= 0.3 is 5.97 Å². The Balaban J connectivity index is 1.52. The number of likely N-dealkylation sites (tertiary alicyclic amines) is 1. The second-order valence-corrected chi connectivity index (χ2v) is 8.73. The average molecular weight is 429 g/mol. The fraction of sp³-hybridized carbons (Fsp3) is 0.625. The SMILES string of the molecule is CCOC(=O)C1CCN(C(=O)[C@H]2COC3(CCCCC3)N2C(=O)c2ccccc2)CC1. The fourth-order valence-electron chi connectivity index (χ4n) is 5.19. The van der Waals surface area contributed by atoms with E-state index in [1.165, 1.54) is 0 Å². The molecule has 0 aromatic heterocycles. The Kier molecular flexibility index (Phi) is 6.60. The topological polar surface area (TPSA) is 76.2 Å². The van der Waals surface area contributed by atoms with Crippen LogP contribution in [0.4, 0.5) is 0 Å². The van der Waals surface area contributed by atoms with Crippen molar-refractivity contribution in [2.24, 2.45) is 5.92 Å². The van der Waals surface area contributed by atoms with Crippen molar-refractivity contribution in [3.63, 3.8) is 0 Å². The largest absolute Gasteiger partial charge is 0.466 e. The smallest absolute Gasteiger partial charge is 0.309 e. The molecule has 1 aromatic carbocycles. The van der Waals surface area contributed by atoms with E-state index in [2.05, 4.69) is 0 Å². The normalized spacial score (nSPS) is 23.7. The zero-order valence-electron chi connectivity index (χ0n) is 18.3. The van der Waals surface area contributed by atoms with E-state index in [-0.39, 0.29) is 30.3 Å². The molecule has 4 rings (SSSR count). The minimum absolute atomic E-state index is 0.0750. The first-order valence-electron chi connectivity index (χ1n) is 11.5. The van der Waals surface area contributed by atoms with Gasteiger partial charge in [-0.3, -0.25) is 19.3 Å². The lowest BCUT2D eigenvalue weighted by molar-refractivity contribution is -0.151. The Morgan fingerprint density at radius 3 is 2.39 bits per heavy atom. The van der Waals surface area contributed by atoms with Crippen LogP contribution in [0.5, 0.6) is 0 Å². The summed E-state index contributed by atoms with van der Waals surface area (Å²) in [6.07, 6.45) is 5.82. The van der Waals surface area contributed by atoms with Crippen molar-refractivity contribution in [1.29, 1.82) is 0 Å². The first-order valence-corrected chi connectivity index (χ1v) is 11.5. The number of nitrogens with zero attached hydrogens (tertiary/aromatic N) is 2. The first kappa shape index (κ1) is 21.8. The van der Waals surface area contributed by atoms with E-state index >= 15 is 0 Å². The molecule has 2 aliphatic heterocycles. The molecule has 168 valence electrons. The monoisotopic (exact) mass is 428 g/mol. The average Bonchev–Trinajstić information content (AvgIpc) is 3.17. The van der Waals surface area contributed by atoms with Crippen molar-refractivity contribution in [2.75, 3.05) is 26.3 Å². The van der Waals surface area contributed by atoms with E-state index < -0.39 is 11.8 Å². The highest BCUT2D eigenvalue weighted by atomic mass is 16.5. The summed E-state index contributed by atoms with van der Waals surface area (Å²) in [6.45, 7) is 3.40. The number of esters is 1. The van der Waals surface area contributed by atoms with Gasteiger partial charge in [0.05, 0.1) is 19.1 Å². The van der Waals surface area contributed by atoms with E-state index in [1.54, 1.807) is 28.9 Å². The molecular formula is C24H32N2O5. The van der Waals surface area contributed by atoms with Gasteiger partial charge in [0.1, 0.15) is 11.8 Å². The molecule has 1 saturated carbocycles. The maximum absolute atomic E-state index is 13.5. The molecule has 1 aliphatic carbocycles. The third kappa shape index (κ3) is 4.33. The van der Waals surface area contributed by atoms with Crippen molar-refractivity contribution in [2.45, 2.75) is 63.6 Å². The maximum atomic E-state index is 13.5. The summed E-state index contributed by atoms with van der Waals surface area (Å²) in [5.41, 5.74) is -0.105. The van der Waals surface area contributed by atoms with Crippen LogP contribution in [0, 0.1) is 5.92 Å². The highest BCUT2D eigenvalue weighted by Gasteiger charge is 2.53. The molecule has 2 amide bonds. The number of carbonyl (C=O) groups excluding carboxylic acids is 3. The van der Waals surface area contributed by atoms with Gasteiger partial charge in [-0.25, -0.2) is 0 Å². The lowest BCUT2D eigenvalue weighted by Crippen LogP contribution is -2.57. The predicted molar refractivity (Wildman–Crippen MR) is 114 cm³/mol. The molecule has 3 aliphatic rings. The van der Waals surface area contributed by atoms with E-state index in [4.69, 9.17) is 9.47 Å². The molecule has 2 saturated heterocycles. The number of hydrogen-bond donors (Lipinski definition) is 0. The molecule has 31 heavy (non-hydrogen) atoms. The van der Waals surface area contributed by atoms with E-state index in [0.717, 1.165) is 32.1 Å². The van der Waals surface area contributed by atoms with Crippen molar-refractivity contribution < 1.29 is 23.9 Å². The van der Waals surface area contributed by atoms with Gasteiger partial charge < -0.3 is 14.4 Å². The Labute approximate surface area is 183 Å². The molecule has 1 aromatic rings. The third-order valence-corrected chi connectivity index (χ3v) is 6.85. The van der Waals surface area contributed by atoms with Gasteiger partial charge in [0.2, 0.25) is 5.91 Å². The van der Waals surface area contributed by atoms with E-state index in [9.17, 15) is 14.4 Å². The van der Waals surface area contributed by atoms with Crippen LogP contribution in [0.15, 0.2) is 30.3 Å². The summed E-state index contributed by atoms with van der Waals surface area (Å²) >= 11 is 0. The lowest BCUT2D eigenvalue weighted by atomic mass is 9.89. The van der Waals surface area contributed by atoms with Crippen molar-refractivity contribution in [1.82, 2.24) is 9.80 Å². The molecule has 7 nitrogen and oxygen atoms in total. The molecule has 1 spiro atoms. The molecular weight excluding hydrogens is 396 g/mol. The molecule has 2 heterocycles. The zero-order chi connectivity index (χ0) is 21.8. The highest BCUT2D eigenvalue weighted by molar-refractivity contribution is 5.98. The third-order valence-electron chi connectivity index (χ3n) is 6.85. The van der Waals surface area contributed by atoms with Gasteiger partial charge in [0, 0.05) is 18.7 Å². The van der Waals surface area contributed by atoms with Crippen LogP contribution in [0.2, 0.25) is 0 Å². The zero-order valence-corrected chi connectivity index (χ0v) is 18.3.